The normalized spacial score (nSPS) is 28.4. The number of hydrogen-bond acceptors (Lipinski definition) is 4. The van der Waals surface area contributed by atoms with Gasteiger partial charge in [0.25, 0.3) is 0 Å². The monoisotopic (exact) mass is 448 g/mol. The molecule has 0 bridgehead atoms. The molecule has 1 heterocycles. The second-order valence-corrected chi connectivity index (χ2v) is 8.27. The van der Waals surface area contributed by atoms with Gasteiger partial charge in [0, 0.05) is 34.6 Å². The Morgan fingerprint density at radius 2 is 2.11 bits per heavy atom. The summed E-state index contributed by atoms with van der Waals surface area (Å²) < 4.78 is 6.69. The van der Waals surface area contributed by atoms with Crippen LogP contribution in [-0.2, 0) is 14.9 Å². The molecule has 1 aliphatic heterocycles. The number of benzene rings is 2. The third-order valence-electron chi connectivity index (χ3n) is 5.65. The molecule has 140 valence electrons. The molecular weight excluding hydrogens is 432 g/mol. The summed E-state index contributed by atoms with van der Waals surface area (Å²) in [7, 11) is 1.59. The maximum atomic E-state index is 13.4. The van der Waals surface area contributed by atoms with Crippen molar-refractivity contribution in [1.82, 2.24) is 0 Å². The highest BCUT2D eigenvalue weighted by atomic mass is 79.9. The lowest BCUT2D eigenvalue weighted by Crippen LogP contribution is -2.55. The van der Waals surface area contributed by atoms with Crippen LogP contribution in [0.1, 0.15) is 29.9 Å². The fraction of sp³-hybridized carbons (Fsp3) is 0.300. The van der Waals surface area contributed by atoms with E-state index in [2.05, 4.69) is 26.4 Å². The first-order valence-corrected chi connectivity index (χ1v) is 9.77. The van der Waals surface area contributed by atoms with Crippen LogP contribution in [0.5, 0.6) is 0 Å². The second-order valence-electron chi connectivity index (χ2n) is 6.92. The maximum Gasteiger partial charge on any atom is 0.238 e. The molecule has 1 amide bonds. The molecule has 2 aliphatic rings. The summed E-state index contributed by atoms with van der Waals surface area (Å²) in [5.41, 5.74) is 2.26. The first kappa shape index (κ1) is 18.5. The Bertz CT molecular complexity index is 949. The Morgan fingerprint density at radius 1 is 1.30 bits per heavy atom. The van der Waals surface area contributed by atoms with Gasteiger partial charge in [-0.15, -0.1) is 0 Å². The van der Waals surface area contributed by atoms with E-state index in [-0.39, 0.29) is 11.8 Å². The molecule has 0 saturated heterocycles. The van der Waals surface area contributed by atoms with Gasteiger partial charge < -0.3 is 15.3 Å². The van der Waals surface area contributed by atoms with Crippen molar-refractivity contribution in [3.05, 3.63) is 63.1 Å². The van der Waals surface area contributed by atoms with Gasteiger partial charge in [0.1, 0.15) is 5.41 Å². The number of halogens is 2. The van der Waals surface area contributed by atoms with E-state index >= 15 is 0 Å². The molecule has 2 N–H and O–H groups in total. The zero-order valence-corrected chi connectivity index (χ0v) is 16.9. The van der Waals surface area contributed by atoms with Crippen LogP contribution >= 0.6 is 27.5 Å². The van der Waals surface area contributed by atoms with Crippen LogP contribution in [0.4, 0.5) is 5.69 Å². The third-order valence-corrected chi connectivity index (χ3v) is 6.37. The van der Waals surface area contributed by atoms with Gasteiger partial charge in [-0.05, 0) is 41.8 Å². The summed E-state index contributed by atoms with van der Waals surface area (Å²) in [6, 6.07) is 13.3. The molecule has 4 rings (SSSR count). The van der Waals surface area contributed by atoms with E-state index in [1.54, 1.807) is 13.2 Å². The van der Waals surface area contributed by atoms with E-state index in [1.807, 2.05) is 36.4 Å². The van der Waals surface area contributed by atoms with Crippen molar-refractivity contribution in [1.29, 1.82) is 0 Å². The van der Waals surface area contributed by atoms with E-state index in [1.165, 1.54) is 0 Å². The first-order chi connectivity index (χ1) is 13.0. The van der Waals surface area contributed by atoms with E-state index in [4.69, 9.17) is 16.3 Å². The maximum absolute atomic E-state index is 13.4. The summed E-state index contributed by atoms with van der Waals surface area (Å²) in [6.45, 7) is 0. The number of carbonyl (C=O) groups excluding carboxylic acids is 1. The molecule has 0 aromatic heterocycles. The number of amides is 1. The molecule has 1 spiro atoms. The summed E-state index contributed by atoms with van der Waals surface area (Å²) in [6.07, 6.45) is 0.357. The lowest BCUT2D eigenvalue weighted by molar-refractivity contribution is -0.128. The van der Waals surface area contributed by atoms with Gasteiger partial charge in [0.2, 0.25) is 5.91 Å². The van der Waals surface area contributed by atoms with E-state index in [0.29, 0.717) is 23.6 Å². The molecule has 3 atom stereocenters. The number of ether oxygens (including phenoxy) is 1. The van der Waals surface area contributed by atoms with Gasteiger partial charge in [-0.1, -0.05) is 50.9 Å². The average molecular weight is 450 g/mol. The zero-order chi connectivity index (χ0) is 19.2. The molecule has 0 unspecified atom stereocenters. The molecular formula is C20H18BrClN2O3. The van der Waals surface area contributed by atoms with Gasteiger partial charge >= 0.3 is 0 Å². The van der Waals surface area contributed by atoms with Crippen molar-refractivity contribution in [2.45, 2.75) is 30.3 Å². The van der Waals surface area contributed by atoms with Gasteiger partial charge in [0.05, 0.1) is 11.8 Å². The van der Waals surface area contributed by atoms with Gasteiger partial charge in [-0.3, -0.25) is 4.79 Å². The smallest absolute Gasteiger partial charge is 0.238 e. The summed E-state index contributed by atoms with van der Waals surface area (Å²) in [4.78, 5) is 13.4. The number of oxime groups is 1. The number of fused-ring (bicyclic) bond motifs is 2. The standard InChI is InChI=1S/C20H18BrClN2O3/c1-27-18-10-14(24-26)9-16(11-3-2-4-13(22)7-11)20(18)15-6-5-12(21)8-17(15)23-19(20)25/h2-8,16,18,26H,9-10H2,1H3,(H,23,25)/b24-14-/t16-,18-,20+/m0/s1. The number of carbonyl (C=O) groups is 1. The molecule has 7 heteroatoms. The highest BCUT2D eigenvalue weighted by Crippen LogP contribution is 2.55. The van der Waals surface area contributed by atoms with Crippen LogP contribution in [0.15, 0.2) is 52.1 Å². The number of rotatable bonds is 2. The van der Waals surface area contributed by atoms with Crippen LogP contribution in [0.25, 0.3) is 0 Å². The predicted octanol–water partition coefficient (Wildman–Crippen LogP) is 4.72. The van der Waals surface area contributed by atoms with Gasteiger partial charge in [-0.2, -0.15) is 0 Å². The number of hydrogen-bond donors (Lipinski definition) is 2. The molecule has 27 heavy (non-hydrogen) atoms. The lowest BCUT2D eigenvalue weighted by Gasteiger charge is -2.45. The van der Waals surface area contributed by atoms with Crippen LogP contribution in [-0.4, -0.2) is 30.0 Å². The van der Waals surface area contributed by atoms with Crippen molar-refractivity contribution in [3.63, 3.8) is 0 Å². The quantitative estimate of drug-likeness (QED) is 0.515. The summed E-state index contributed by atoms with van der Waals surface area (Å²) in [5, 5.41) is 16.5. The largest absolute Gasteiger partial charge is 0.411 e. The SMILES string of the molecule is CO[C@H]1C/C(=N\O)C[C@@H](c2cccc(Cl)c2)[C@@]12C(=O)Nc1cc(Br)ccc12. The molecule has 1 aliphatic carbocycles. The number of nitrogens with zero attached hydrogens (tertiary/aromatic N) is 1. The van der Waals surface area contributed by atoms with Crippen LogP contribution in [0.2, 0.25) is 5.02 Å². The topological polar surface area (TPSA) is 70.9 Å². The lowest BCUT2D eigenvalue weighted by atomic mass is 9.59. The van der Waals surface area contributed by atoms with Crippen molar-refractivity contribution in [3.8, 4) is 0 Å². The van der Waals surface area contributed by atoms with Crippen molar-refractivity contribution in [2.24, 2.45) is 5.16 Å². The summed E-state index contributed by atoms with van der Waals surface area (Å²) >= 11 is 9.71. The Hall–Kier alpha value is -1.89. The van der Waals surface area contributed by atoms with E-state index in [0.717, 1.165) is 21.3 Å². The fourth-order valence-corrected chi connectivity index (χ4v) is 5.09. The van der Waals surface area contributed by atoms with E-state index in [9.17, 15) is 10.0 Å². The minimum absolute atomic E-state index is 0.107. The van der Waals surface area contributed by atoms with Crippen LogP contribution < -0.4 is 5.32 Å². The average Bonchev–Trinajstić information content (AvgIpc) is 2.94. The van der Waals surface area contributed by atoms with Crippen LogP contribution in [0.3, 0.4) is 0 Å². The Kier molecular flexibility index (Phi) is 4.74. The summed E-state index contributed by atoms with van der Waals surface area (Å²) in [5.74, 6) is -0.382. The number of nitrogens with one attached hydrogen (secondary N) is 1. The highest BCUT2D eigenvalue weighted by molar-refractivity contribution is 9.10. The molecule has 2 aromatic rings. The highest BCUT2D eigenvalue weighted by Gasteiger charge is 2.60. The van der Waals surface area contributed by atoms with Gasteiger partial charge in [0.15, 0.2) is 0 Å². The zero-order valence-electron chi connectivity index (χ0n) is 14.6. The first-order valence-electron chi connectivity index (χ1n) is 8.60. The minimum atomic E-state index is -0.927. The second kappa shape index (κ2) is 6.93. The van der Waals surface area contributed by atoms with Crippen molar-refractivity contribution in [2.75, 3.05) is 12.4 Å². The molecule has 0 radical (unpaired) electrons. The van der Waals surface area contributed by atoms with Gasteiger partial charge in [-0.25, -0.2) is 0 Å². The molecule has 2 aromatic carbocycles. The fourth-order valence-electron chi connectivity index (χ4n) is 4.53. The molecule has 1 fully saturated rings. The molecule has 1 saturated carbocycles. The Labute approximate surface area is 170 Å². The molecule has 5 nitrogen and oxygen atoms in total. The van der Waals surface area contributed by atoms with Crippen molar-refractivity contribution >= 4 is 44.8 Å². The van der Waals surface area contributed by atoms with Crippen molar-refractivity contribution < 1.29 is 14.7 Å². The predicted molar refractivity (Wildman–Crippen MR) is 108 cm³/mol. The third kappa shape index (κ3) is 2.78. The Morgan fingerprint density at radius 3 is 2.81 bits per heavy atom. The van der Waals surface area contributed by atoms with Crippen LogP contribution in [0, 0.1) is 0 Å². The number of methoxy groups -OCH3 is 1. The minimum Gasteiger partial charge on any atom is -0.411 e. The Balaban J connectivity index is 1.98. The van der Waals surface area contributed by atoms with E-state index < -0.39 is 11.5 Å². The number of anilines is 1.